The zero-order valence-electron chi connectivity index (χ0n) is 11.1. The Morgan fingerprint density at radius 3 is 2.63 bits per heavy atom. The maximum Gasteiger partial charge on any atom is 0.284 e. The summed E-state index contributed by atoms with van der Waals surface area (Å²) < 4.78 is 6.81. The van der Waals surface area contributed by atoms with E-state index in [0.717, 1.165) is 17.0 Å². The van der Waals surface area contributed by atoms with Crippen LogP contribution in [-0.4, -0.2) is 22.3 Å². The molecule has 0 saturated carbocycles. The Morgan fingerprint density at radius 2 is 2.05 bits per heavy atom. The highest BCUT2D eigenvalue weighted by Crippen LogP contribution is 2.21. The molecule has 100 valence electrons. The zero-order chi connectivity index (χ0) is 14.0. The van der Waals surface area contributed by atoms with Gasteiger partial charge in [0.1, 0.15) is 5.75 Å². The van der Waals surface area contributed by atoms with Crippen LogP contribution in [0.1, 0.15) is 21.7 Å². The summed E-state index contributed by atoms with van der Waals surface area (Å²) in [6.45, 7) is 5.52. The van der Waals surface area contributed by atoms with Gasteiger partial charge in [-0.3, -0.25) is 4.79 Å². The molecule has 0 aliphatic heterocycles. The molecule has 0 bridgehead atoms. The lowest BCUT2D eigenvalue weighted by molar-refractivity contribution is 0.0818. The number of aromatic nitrogens is 2. The molecule has 0 radical (unpaired) electrons. The molecular formula is C14H15ClN2O2. The lowest BCUT2D eigenvalue weighted by Crippen LogP contribution is -2.21. The minimum Gasteiger partial charge on any atom is -0.484 e. The molecule has 0 unspecified atom stereocenters. The smallest absolute Gasteiger partial charge is 0.284 e. The average Bonchev–Trinajstić information content (AvgIpc) is 2.70. The van der Waals surface area contributed by atoms with E-state index in [9.17, 15) is 4.79 Å². The van der Waals surface area contributed by atoms with Crippen molar-refractivity contribution in [1.29, 1.82) is 0 Å². The van der Waals surface area contributed by atoms with E-state index < -0.39 is 0 Å². The first kappa shape index (κ1) is 13.6. The van der Waals surface area contributed by atoms with Crippen LogP contribution in [0.3, 0.4) is 0 Å². The Bertz CT molecular complexity index is 620. The van der Waals surface area contributed by atoms with Gasteiger partial charge in [0.05, 0.1) is 5.69 Å². The minimum atomic E-state index is -0.196. The first-order chi connectivity index (χ1) is 8.97. The van der Waals surface area contributed by atoms with Gasteiger partial charge in [-0.05, 0) is 50.6 Å². The lowest BCUT2D eigenvalue weighted by Gasteiger charge is -2.07. The molecule has 0 amide bonds. The molecular weight excluding hydrogens is 264 g/mol. The summed E-state index contributed by atoms with van der Waals surface area (Å²) >= 11 is 5.93. The summed E-state index contributed by atoms with van der Waals surface area (Å²) in [5.41, 5.74) is 2.53. The van der Waals surface area contributed by atoms with E-state index in [2.05, 4.69) is 5.10 Å². The van der Waals surface area contributed by atoms with Crippen LogP contribution in [0, 0.1) is 20.8 Å². The van der Waals surface area contributed by atoms with Gasteiger partial charge in [-0.25, -0.2) is 4.68 Å². The van der Waals surface area contributed by atoms with E-state index in [1.807, 2.05) is 26.8 Å². The fraction of sp³-hybridized carbons (Fsp3) is 0.286. The summed E-state index contributed by atoms with van der Waals surface area (Å²) in [7, 11) is 0. The lowest BCUT2D eigenvalue weighted by atomic mass is 10.2. The molecule has 2 aromatic rings. The number of hydrogen-bond acceptors (Lipinski definition) is 3. The molecule has 0 N–H and O–H groups in total. The molecule has 0 aliphatic rings. The topological polar surface area (TPSA) is 44.1 Å². The van der Waals surface area contributed by atoms with Crippen molar-refractivity contribution in [2.45, 2.75) is 20.8 Å². The number of carbonyl (C=O) groups excluding carboxylic acids is 1. The van der Waals surface area contributed by atoms with Crippen molar-refractivity contribution < 1.29 is 9.53 Å². The normalized spacial score (nSPS) is 10.5. The minimum absolute atomic E-state index is 0.0525. The largest absolute Gasteiger partial charge is 0.484 e. The van der Waals surface area contributed by atoms with Crippen molar-refractivity contribution in [3.8, 4) is 5.75 Å². The Labute approximate surface area is 116 Å². The number of benzene rings is 1. The number of ether oxygens (including phenoxy) is 1. The molecule has 4 nitrogen and oxygen atoms in total. The molecule has 0 spiro atoms. The predicted molar refractivity (Wildman–Crippen MR) is 74.0 cm³/mol. The van der Waals surface area contributed by atoms with Crippen LogP contribution >= 0.6 is 11.6 Å². The Kier molecular flexibility index (Phi) is 3.90. The Morgan fingerprint density at radius 1 is 1.32 bits per heavy atom. The molecule has 0 saturated heterocycles. The number of aryl methyl sites for hydroxylation is 3. The van der Waals surface area contributed by atoms with Gasteiger partial charge in [0.15, 0.2) is 6.61 Å². The third-order valence-electron chi connectivity index (χ3n) is 2.74. The number of halogens is 1. The predicted octanol–water partition coefficient (Wildman–Crippen LogP) is 3.18. The van der Waals surface area contributed by atoms with Gasteiger partial charge in [-0.2, -0.15) is 5.10 Å². The highest BCUT2D eigenvalue weighted by Gasteiger charge is 2.11. The van der Waals surface area contributed by atoms with E-state index in [4.69, 9.17) is 16.3 Å². The van der Waals surface area contributed by atoms with Crippen molar-refractivity contribution in [3.05, 3.63) is 46.2 Å². The second-order valence-corrected chi connectivity index (χ2v) is 4.84. The fourth-order valence-corrected chi connectivity index (χ4v) is 1.91. The van der Waals surface area contributed by atoms with Gasteiger partial charge in [-0.15, -0.1) is 0 Å². The monoisotopic (exact) mass is 278 g/mol. The number of carbonyl (C=O) groups is 1. The van der Waals surface area contributed by atoms with Crippen molar-refractivity contribution in [2.75, 3.05) is 6.61 Å². The highest BCUT2D eigenvalue weighted by molar-refractivity contribution is 6.31. The van der Waals surface area contributed by atoms with Crippen molar-refractivity contribution in [3.63, 3.8) is 0 Å². The van der Waals surface area contributed by atoms with Crippen LogP contribution in [0.15, 0.2) is 24.3 Å². The Balaban J connectivity index is 2.04. The Hall–Kier alpha value is -1.81. The molecule has 1 heterocycles. The number of nitrogens with zero attached hydrogens (tertiary/aromatic N) is 2. The van der Waals surface area contributed by atoms with Crippen molar-refractivity contribution in [1.82, 2.24) is 9.78 Å². The van der Waals surface area contributed by atoms with E-state index in [1.165, 1.54) is 4.68 Å². The quantitative estimate of drug-likeness (QED) is 0.866. The van der Waals surface area contributed by atoms with Gasteiger partial charge < -0.3 is 4.74 Å². The summed E-state index contributed by atoms with van der Waals surface area (Å²) in [5.74, 6) is 0.426. The van der Waals surface area contributed by atoms with Gasteiger partial charge in [0.2, 0.25) is 0 Å². The summed E-state index contributed by atoms with van der Waals surface area (Å²) in [5, 5.41) is 4.80. The maximum atomic E-state index is 12.0. The molecule has 0 aliphatic carbocycles. The number of rotatable bonds is 3. The van der Waals surface area contributed by atoms with E-state index in [0.29, 0.717) is 10.8 Å². The third kappa shape index (κ3) is 3.15. The van der Waals surface area contributed by atoms with E-state index >= 15 is 0 Å². The summed E-state index contributed by atoms with van der Waals surface area (Å²) in [6, 6.07) is 7.14. The second-order valence-electron chi connectivity index (χ2n) is 4.43. The molecule has 1 aromatic heterocycles. The zero-order valence-corrected chi connectivity index (χ0v) is 11.9. The molecule has 5 heteroatoms. The van der Waals surface area contributed by atoms with E-state index in [1.54, 1.807) is 18.2 Å². The van der Waals surface area contributed by atoms with Crippen LogP contribution < -0.4 is 4.74 Å². The molecule has 2 rings (SSSR count). The summed E-state index contributed by atoms with van der Waals surface area (Å²) in [4.78, 5) is 12.0. The fourth-order valence-electron chi connectivity index (χ4n) is 1.79. The highest BCUT2D eigenvalue weighted by atomic mass is 35.5. The average molecular weight is 279 g/mol. The molecule has 19 heavy (non-hydrogen) atoms. The first-order valence-corrected chi connectivity index (χ1v) is 6.30. The molecule has 0 atom stereocenters. The first-order valence-electron chi connectivity index (χ1n) is 5.93. The van der Waals surface area contributed by atoms with Crippen LogP contribution in [0.2, 0.25) is 5.02 Å². The van der Waals surface area contributed by atoms with Crippen molar-refractivity contribution in [2.24, 2.45) is 0 Å². The van der Waals surface area contributed by atoms with E-state index in [-0.39, 0.29) is 12.5 Å². The van der Waals surface area contributed by atoms with Crippen molar-refractivity contribution >= 4 is 17.5 Å². The van der Waals surface area contributed by atoms with Crippen LogP contribution in [-0.2, 0) is 0 Å². The standard InChI is InChI=1S/C14H15ClN2O2/c1-9-6-12(4-5-13(9)15)19-8-14(18)17-11(3)7-10(2)16-17/h4-7H,8H2,1-3H3. The van der Waals surface area contributed by atoms with Gasteiger partial charge in [-0.1, -0.05) is 11.6 Å². The van der Waals surface area contributed by atoms with Crippen LogP contribution in [0.25, 0.3) is 0 Å². The van der Waals surface area contributed by atoms with Gasteiger partial charge >= 0.3 is 0 Å². The van der Waals surface area contributed by atoms with Gasteiger partial charge in [0, 0.05) is 10.7 Å². The summed E-state index contributed by atoms with van der Waals surface area (Å²) in [6.07, 6.45) is 0. The van der Waals surface area contributed by atoms with Gasteiger partial charge in [0.25, 0.3) is 5.91 Å². The number of hydrogen-bond donors (Lipinski definition) is 0. The third-order valence-corrected chi connectivity index (χ3v) is 3.16. The maximum absolute atomic E-state index is 12.0. The molecule has 1 aromatic carbocycles. The van der Waals surface area contributed by atoms with Crippen LogP contribution in [0.5, 0.6) is 5.75 Å². The SMILES string of the molecule is Cc1cc(C)n(C(=O)COc2ccc(Cl)c(C)c2)n1. The second kappa shape index (κ2) is 5.45. The molecule has 0 fully saturated rings. The van der Waals surface area contributed by atoms with Crippen LogP contribution in [0.4, 0.5) is 0 Å².